The molecule has 0 saturated heterocycles. The number of rotatable bonds is 3. The molecule has 0 aromatic heterocycles. The molecule has 2 nitrogen and oxygen atoms in total. The first-order chi connectivity index (χ1) is 9.45. The molecule has 3 heteroatoms. The van der Waals surface area contributed by atoms with Crippen LogP contribution in [0.5, 0.6) is 0 Å². The zero-order chi connectivity index (χ0) is 14.7. The predicted octanol–water partition coefficient (Wildman–Crippen LogP) is 4.13. The molecule has 0 radical (unpaired) electrons. The first-order valence-electron chi connectivity index (χ1n) is 7.50. The minimum atomic E-state index is 0.0857. The van der Waals surface area contributed by atoms with Gasteiger partial charge in [0, 0.05) is 11.1 Å². The number of nitrogens with one attached hydrogen (secondary N) is 1. The zero-order valence-electron chi connectivity index (χ0n) is 12.6. The van der Waals surface area contributed by atoms with Gasteiger partial charge in [0.25, 0.3) is 0 Å². The van der Waals surface area contributed by atoms with Crippen LogP contribution in [0, 0.1) is 18.8 Å². The highest BCUT2D eigenvalue weighted by atomic mass is 35.5. The molecule has 1 aliphatic rings. The highest BCUT2D eigenvalue weighted by Crippen LogP contribution is 2.29. The van der Waals surface area contributed by atoms with Gasteiger partial charge in [0.2, 0.25) is 5.91 Å². The first-order valence-corrected chi connectivity index (χ1v) is 7.88. The fourth-order valence-corrected chi connectivity index (χ4v) is 3.23. The Labute approximate surface area is 126 Å². The van der Waals surface area contributed by atoms with E-state index in [4.69, 9.17) is 11.6 Å². The molecule has 1 aromatic carbocycles. The summed E-state index contributed by atoms with van der Waals surface area (Å²) in [6, 6.07) is 6.19. The van der Waals surface area contributed by atoms with E-state index >= 15 is 0 Å². The average Bonchev–Trinajstić information content (AvgIpc) is 2.37. The molecular formula is C17H24ClNO. The van der Waals surface area contributed by atoms with Crippen LogP contribution in [0.4, 0.5) is 0 Å². The van der Waals surface area contributed by atoms with Crippen LogP contribution in [0.2, 0.25) is 5.02 Å². The van der Waals surface area contributed by atoms with Crippen molar-refractivity contribution < 1.29 is 4.79 Å². The van der Waals surface area contributed by atoms with Crippen molar-refractivity contribution in [3.63, 3.8) is 0 Å². The fraction of sp³-hybridized carbons (Fsp3) is 0.588. The minimum Gasteiger partial charge on any atom is -0.353 e. The van der Waals surface area contributed by atoms with Crippen molar-refractivity contribution in [1.29, 1.82) is 0 Å². The number of carbonyl (C=O) groups is 1. The van der Waals surface area contributed by atoms with Gasteiger partial charge in [-0.25, -0.2) is 0 Å². The lowest BCUT2D eigenvalue weighted by molar-refractivity contribution is -0.121. The summed E-state index contributed by atoms with van der Waals surface area (Å²) in [7, 11) is 0. The van der Waals surface area contributed by atoms with E-state index in [1.807, 2.05) is 25.1 Å². The van der Waals surface area contributed by atoms with Gasteiger partial charge in [-0.05, 0) is 55.2 Å². The second kappa shape index (κ2) is 6.62. The summed E-state index contributed by atoms with van der Waals surface area (Å²) >= 11 is 6.18. The Bertz CT molecular complexity index is 486. The van der Waals surface area contributed by atoms with Gasteiger partial charge in [-0.2, -0.15) is 0 Å². The van der Waals surface area contributed by atoms with Crippen LogP contribution >= 0.6 is 11.6 Å². The standard InChI is InChI=1S/C17H24ClNO/c1-11-4-6-14(16(18)8-11)10-17(20)19-15-7-5-12(2)13(3)9-15/h4,6,8,12-13,15H,5,7,9-10H2,1-3H3,(H,19,20). The number of amides is 1. The SMILES string of the molecule is Cc1ccc(CC(=O)NC2CCC(C)C(C)C2)c(Cl)c1. The van der Waals surface area contributed by atoms with Crippen molar-refractivity contribution in [2.75, 3.05) is 0 Å². The predicted molar refractivity (Wildman–Crippen MR) is 84.0 cm³/mol. The molecule has 1 aromatic rings. The Balaban J connectivity index is 1.89. The largest absolute Gasteiger partial charge is 0.353 e. The van der Waals surface area contributed by atoms with Crippen LogP contribution in [0.25, 0.3) is 0 Å². The van der Waals surface area contributed by atoms with E-state index in [0.29, 0.717) is 23.4 Å². The van der Waals surface area contributed by atoms with E-state index in [2.05, 4.69) is 19.2 Å². The van der Waals surface area contributed by atoms with E-state index in [-0.39, 0.29) is 5.91 Å². The van der Waals surface area contributed by atoms with Gasteiger partial charge in [-0.3, -0.25) is 4.79 Å². The van der Waals surface area contributed by atoms with E-state index in [9.17, 15) is 4.79 Å². The van der Waals surface area contributed by atoms with Crippen molar-refractivity contribution in [3.8, 4) is 0 Å². The van der Waals surface area contributed by atoms with Crippen LogP contribution in [0.15, 0.2) is 18.2 Å². The molecule has 20 heavy (non-hydrogen) atoms. The summed E-state index contributed by atoms with van der Waals surface area (Å²) in [4.78, 5) is 12.1. The number of halogens is 1. The van der Waals surface area contributed by atoms with Crippen LogP contribution in [-0.4, -0.2) is 11.9 Å². The van der Waals surface area contributed by atoms with Gasteiger partial charge in [-0.15, -0.1) is 0 Å². The third-order valence-electron chi connectivity index (χ3n) is 4.52. The Hall–Kier alpha value is -1.02. The summed E-state index contributed by atoms with van der Waals surface area (Å²) in [5.74, 6) is 1.55. The average molecular weight is 294 g/mol. The maximum absolute atomic E-state index is 12.1. The van der Waals surface area contributed by atoms with E-state index in [0.717, 1.165) is 29.9 Å². The first kappa shape index (κ1) is 15.4. The molecule has 0 spiro atoms. The molecule has 1 aliphatic carbocycles. The second-order valence-corrected chi connectivity index (χ2v) is 6.71. The third-order valence-corrected chi connectivity index (χ3v) is 4.87. The summed E-state index contributed by atoms with van der Waals surface area (Å²) in [6.07, 6.45) is 3.77. The lowest BCUT2D eigenvalue weighted by Crippen LogP contribution is -2.40. The quantitative estimate of drug-likeness (QED) is 0.892. The van der Waals surface area contributed by atoms with Crippen LogP contribution in [0.1, 0.15) is 44.2 Å². The molecule has 1 amide bonds. The summed E-state index contributed by atoms with van der Waals surface area (Å²) in [6.45, 7) is 6.58. The van der Waals surface area contributed by atoms with Crippen molar-refractivity contribution in [2.24, 2.45) is 11.8 Å². The maximum atomic E-state index is 12.1. The molecule has 0 aliphatic heterocycles. The Kier molecular flexibility index (Phi) is 5.09. The van der Waals surface area contributed by atoms with Gasteiger partial charge in [0.1, 0.15) is 0 Å². The molecule has 110 valence electrons. The van der Waals surface area contributed by atoms with Gasteiger partial charge in [-0.1, -0.05) is 37.6 Å². The second-order valence-electron chi connectivity index (χ2n) is 6.30. The van der Waals surface area contributed by atoms with Gasteiger partial charge in [0.05, 0.1) is 6.42 Å². The van der Waals surface area contributed by atoms with Crippen molar-refractivity contribution in [2.45, 2.75) is 52.5 Å². The number of carbonyl (C=O) groups excluding carboxylic acids is 1. The number of hydrogen-bond acceptors (Lipinski definition) is 1. The molecule has 3 unspecified atom stereocenters. The van der Waals surface area contributed by atoms with E-state index in [1.54, 1.807) is 0 Å². The summed E-state index contributed by atoms with van der Waals surface area (Å²) < 4.78 is 0. The van der Waals surface area contributed by atoms with Gasteiger partial charge in [0.15, 0.2) is 0 Å². The monoisotopic (exact) mass is 293 g/mol. The molecular weight excluding hydrogens is 270 g/mol. The Morgan fingerprint density at radius 2 is 2.05 bits per heavy atom. The fourth-order valence-electron chi connectivity index (χ4n) is 2.93. The van der Waals surface area contributed by atoms with Crippen molar-refractivity contribution in [3.05, 3.63) is 34.3 Å². The number of aryl methyl sites for hydroxylation is 1. The van der Waals surface area contributed by atoms with E-state index in [1.165, 1.54) is 6.42 Å². The van der Waals surface area contributed by atoms with Crippen LogP contribution in [0.3, 0.4) is 0 Å². The summed E-state index contributed by atoms with van der Waals surface area (Å²) in [5, 5.41) is 3.85. The highest BCUT2D eigenvalue weighted by molar-refractivity contribution is 6.31. The van der Waals surface area contributed by atoms with E-state index < -0.39 is 0 Å². The molecule has 1 fully saturated rings. The van der Waals surface area contributed by atoms with Crippen LogP contribution in [-0.2, 0) is 11.2 Å². The smallest absolute Gasteiger partial charge is 0.224 e. The Morgan fingerprint density at radius 3 is 2.70 bits per heavy atom. The van der Waals surface area contributed by atoms with Crippen molar-refractivity contribution >= 4 is 17.5 Å². The topological polar surface area (TPSA) is 29.1 Å². The Morgan fingerprint density at radius 1 is 1.30 bits per heavy atom. The number of benzene rings is 1. The molecule has 0 bridgehead atoms. The minimum absolute atomic E-state index is 0.0857. The highest BCUT2D eigenvalue weighted by Gasteiger charge is 2.25. The van der Waals surface area contributed by atoms with Gasteiger partial charge < -0.3 is 5.32 Å². The number of hydrogen-bond donors (Lipinski definition) is 1. The molecule has 2 rings (SSSR count). The zero-order valence-corrected chi connectivity index (χ0v) is 13.3. The van der Waals surface area contributed by atoms with Gasteiger partial charge >= 0.3 is 0 Å². The van der Waals surface area contributed by atoms with Crippen LogP contribution < -0.4 is 5.32 Å². The summed E-state index contributed by atoms with van der Waals surface area (Å²) in [5.41, 5.74) is 2.03. The maximum Gasteiger partial charge on any atom is 0.224 e. The van der Waals surface area contributed by atoms with Crippen molar-refractivity contribution in [1.82, 2.24) is 5.32 Å². The molecule has 0 heterocycles. The molecule has 1 saturated carbocycles. The molecule has 1 N–H and O–H groups in total. The lowest BCUT2D eigenvalue weighted by atomic mass is 9.79. The molecule has 3 atom stereocenters. The third kappa shape index (κ3) is 3.99. The normalized spacial score (nSPS) is 26.3. The lowest BCUT2D eigenvalue weighted by Gasteiger charge is -2.32.